The monoisotopic (exact) mass is 268 g/mol. The van der Waals surface area contributed by atoms with Crippen molar-refractivity contribution in [3.63, 3.8) is 0 Å². The first-order valence-corrected chi connectivity index (χ1v) is 5.81. The van der Waals surface area contributed by atoms with Crippen molar-refractivity contribution in [2.45, 2.75) is 0 Å². The molecule has 6 N–H and O–H groups in total. The molecular weight excluding hydrogens is 248 g/mol. The fourth-order valence-electron chi connectivity index (χ4n) is 0.183. The van der Waals surface area contributed by atoms with E-state index in [4.69, 9.17) is 10.2 Å². The van der Waals surface area contributed by atoms with E-state index in [1.54, 1.807) is 23.5 Å². The van der Waals surface area contributed by atoms with Crippen molar-refractivity contribution >= 4 is 23.5 Å². The van der Waals surface area contributed by atoms with Crippen molar-refractivity contribution in [3.8, 4) is 0 Å². The van der Waals surface area contributed by atoms with Crippen LogP contribution in [-0.4, -0.2) is 58.4 Å². The zero-order chi connectivity index (χ0) is 8.24. The van der Waals surface area contributed by atoms with Crippen LogP contribution in [0.3, 0.4) is 0 Å². The van der Waals surface area contributed by atoms with Crippen LogP contribution in [0.25, 0.3) is 0 Å². The Morgan fingerprint density at radius 3 is 1.08 bits per heavy atom. The number of aliphatic hydroxyl groups excluding tert-OH is 2. The van der Waals surface area contributed by atoms with Crippen LogP contribution in [0.1, 0.15) is 0 Å². The minimum absolute atomic E-state index is 0. The van der Waals surface area contributed by atoms with Gasteiger partial charge in [-0.15, -0.1) is 0 Å². The summed E-state index contributed by atoms with van der Waals surface area (Å²) in [5, 5.41) is 16.1. The molecule has 0 saturated heterocycles. The van der Waals surface area contributed by atoms with Gasteiger partial charge in [-0.25, -0.2) is 0 Å². The summed E-state index contributed by atoms with van der Waals surface area (Å²) in [7, 11) is 0. The molecule has 0 atom stereocenters. The number of aliphatic hydroxyl groups is 2. The van der Waals surface area contributed by atoms with Crippen molar-refractivity contribution < 1.29 is 42.9 Å². The normalized spacial score (nSPS) is 6.46. The minimum atomic E-state index is 0. The zero-order valence-corrected chi connectivity index (χ0v) is 11.2. The Balaban J connectivity index is -0.0000000267. The number of thioether (sulfide) groups is 2. The minimum Gasteiger partial charge on any atom is -0.412 e. The van der Waals surface area contributed by atoms with Crippen LogP contribution in [0.2, 0.25) is 0 Å². The maximum absolute atomic E-state index is 8.05. The Kier molecular flexibility index (Phi) is 85.1. The van der Waals surface area contributed by atoms with Crippen LogP contribution in [0.15, 0.2) is 0 Å². The molecule has 0 heterocycles. The standard InChI is InChI=1S/2C3H8OS.2H2O.Ti/c2*1-5-3-2-4;;;/h2*4H,2-3H2,1H3;2*1H2;. The van der Waals surface area contributed by atoms with Crippen LogP contribution < -0.4 is 0 Å². The molecule has 0 unspecified atom stereocenters. The Morgan fingerprint density at radius 1 is 0.846 bits per heavy atom. The molecule has 0 aliphatic rings. The molecule has 0 spiro atoms. The van der Waals surface area contributed by atoms with Crippen LogP contribution in [0.4, 0.5) is 0 Å². The van der Waals surface area contributed by atoms with E-state index in [9.17, 15) is 0 Å². The molecule has 13 heavy (non-hydrogen) atoms. The summed E-state index contributed by atoms with van der Waals surface area (Å²) >= 11 is 3.30. The molecule has 0 fully saturated rings. The maximum atomic E-state index is 8.05. The topological polar surface area (TPSA) is 103 Å². The van der Waals surface area contributed by atoms with Crippen molar-refractivity contribution in [2.24, 2.45) is 0 Å². The Labute approximate surface area is 103 Å². The van der Waals surface area contributed by atoms with Crippen LogP contribution >= 0.6 is 23.5 Å². The molecule has 4 nitrogen and oxygen atoms in total. The molecule has 84 valence electrons. The number of hydrogen-bond donors (Lipinski definition) is 2. The van der Waals surface area contributed by atoms with Gasteiger partial charge in [0.1, 0.15) is 0 Å². The smallest absolute Gasteiger partial charge is 0.0521 e. The molecule has 0 bridgehead atoms. The largest absolute Gasteiger partial charge is 0.412 e. The third kappa shape index (κ3) is 60.8. The average Bonchev–Trinajstić information content (AvgIpc) is 1.93. The number of hydrogen-bond acceptors (Lipinski definition) is 4. The van der Waals surface area contributed by atoms with E-state index in [0.717, 1.165) is 11.5 Å². The first-order valence-electron chi connectivity index (χ1n) is 3.03. The molecule has 7 heteroatoms. The van der Waals surface area contributed by atoms with E-state index in [0.29, 0.717) is 13.2 Å². The van der Waals surface area contributed by atoms with Crippen molar-refractivity contribution in [1.29, 1.82) is 0 Å². The van der Waals surface area contributed by atoms with E-state index in [1.165, 1.54) is 0 Å². The van der Waals surface area contributed by atoms with Crippen molar-refractivity contribution in [2.75, 3.05) is 37.2 Å². The predicted octanol–water partition coefficient (Wildman–Crippen LogP) is -0.968. The molecule has 0 saturated carbocycles. The molecule has 0 aromatic heterocycles. The molecule has 0 aromatic carbocycles. The maximum Gasteiger partial charge on any atom is 0.0521 e. The van der Waals surface area contributed by atoms with E-state index >= 15 is 0 Å². The van der Waals surface area contributed by atoms with Gasteiger partial charge >= 0.3 is 0 Å². The van der Waals surface area contributed by atoms with Gasteiger partial charge in [0.25, 0.3) is 0 Å². The Morgan fingerprint density at radius 2 is 1.08 bits per heavy atom. The van der Waals surface area contributed by atoms with Crippen LogP contribution in [-0.2, 0) is 21.7 Å². The second-order valence-electron chi connectivity index (χ2n) is 1.43. The van der Waals surface area contributed by atoms with Gasteiger partial charge in [0.15, 0.2) is 0 Å². The van der Waals surface area contributed by atoms with Crippen molar-refractivity contribution in [1.82, 2.24) is 0 Å². The molecule has 0 radical (unpaired) electrons. The summed E-state index contributed by atoms with van der Waals surface area (Å²) in [5.74, 6) is 1.72. The van der Waals surface area contributed by atoms with Crippen LogP contribution in [0, 0.1) is 0 Å². The quantitative estimate of drug-likeness (QED) is 0.640. The van der Waals surface area contributed by atoms with Crippen LogP contribution in [0.5, 0.6) is 0 Å². The number of rotatable bonds is 4. The van der Waals surface area contributed by atoms with Gasteiger partial charge in [0.2, 0.25) is 0 Å². The average molecular weight is 268 g/mol. The van der Waals surface area contributed by atoms with Gasteiger partial charge in [0.05, 0.1) is 13.2 Å². The molecular formula is C6H20O4S2Ti. The molecule has 0 amide bonds. The summed E-state index contributed by atoms with van der Waals surface area (Å²) in [5.41, 5.74) is 0. The summed E-state index contributed by atoms with van der Waals surface area (Å²) in [6, 6.07) is 0. The van der Waals surface area contributed by atoms with Gasteiger partial charge < -0.3 is 21.2 Å². The van der Waals surface area contributed by atoms with Gasteiger partial charge in [-0.2, -0.15) is 23.5 Å². The Hall–Kier alpha value is 1.25. The van der Waals surface area contributed by atoms with Gasteiger partial charge in [0, 0.05) is 33.2 Å². The fraction of sp³-hybridized carbons (Fsp3) is 1.00. The molecule has 0 aliphatic heterocycles. The predicted molar refractivity (Wildman–Crippen MR) is 58.2 cm³/mol. The summed E-state index contributed by atoms with van der Waals surface area (Å²) in [6.45, 7) is 0.613. The molecule has 0 aromatic rings. The zero-order valence-electron chi connectivity index (χ0n) is 8.04. The van der Waals surface area contributed by atoms with E-state index in [-0.39, 0.29) is 32.7 Å². The van der Waals surface area contributed by atoms with E-state index in [2.05, 4.69) is 0 Å². The third-order valence-electron chi connectivity index (χ3n) is 0.591. The van der Waals surface area contributed by atoms with Gasteiger partial charge in [-0.05, 0) is 12.5 Å². The first-order chi connectivity index (χ1) is 4.83. The molecule has 0 aliphatic carbocycles. The SMILES string of the molecule is CSCCO.CSCCO.O.O.[Ti]. The molecule has 0 rings (SSSR count). The summed E-state index contributed by atoms with van der Waals surface area (Å²) < 4.78 is 0. The third-order valence-corrected chi connectivity index (χ3v) is 1.77. The Bertz CT molecular complexity index is 43.6. The van der Waals surface area contributed by atoms with Crippen molar-refractivity contribution in [3.05, 3.63) is 0 Å². The summed E-state index contributed by atoms with van der Waals surface area (Å²) in [6.07, 6.45) is 3.94. The first kappa shape index (κ1) is 29.2. The second kappa shape index (κ2) is 37.8. The van der Waals surface area contributed by atoms with E-state index < -0.39 is 0 Å². The van der Waals surface area contributed by atoms with E-state index in [1.807, 2.05) is 12.5 Å². The second-order valence-corrected chi connectivity index (χ2v) is 3.40. The van der Waals surface area contributed by atoms with Gasteiger partial charge in [-0.3, -0.25) is 0 Å². The summed E-state index contributed by atoms with van der Waals surface area (Å²) in [4.78, 5) is 0. The fourth-order valence-corrected chi connectivity index (χ4v) is 0.548. The van der Waals surface area contributed by atoms with Gasteiger partial charge in [-0.1, -0.05) is 0 Å².